The standard InChI is InChI=1S/C12H16N2O4S/c1-3-8-6-14(4-5-18-8)12-13-9(11(16)17)10(19-12)7(2)15/h8H,3-6H2,1-2H3,(H,16,17). The van der Waals surface area contributed by atoms with Crippen LogP contribution < -0.4 is 4.90 Å². The third-order valence-electron chi connectivity index (χ3n) is 3.00. The third kappa shape index (κ3) is 2.93. The lowest BCUT2D eigenvalue weighted by atomic mass is 10.2. The molecule has 1 aromatic rings. The number of hydrogen-bond donors (Lipinski definition) is 1. The zero-order valence-electron chi connectivity index (χ0n) is 10.9. The molecule has 0 saturated carbocycles. The molecule has 1 aliphatic rings. The van der Waals surface area contributed by atoms with E-state index in [1.54, 1.807) is 0 Å². The first kappa shape index (κ1) is 14.0. The predicted octanol–water partition coefficient (Wildman–Crippen LogP) is 1.66. The fraction of sp³-hybridized carbons (Fsp3) is 0.583. The number of carbonyl (C=O) groups is 2. The molecule has 2 heterocycles. The number of carboxylic acid groups (broad SMARTS) is 1. The van der Waals surface area contributed by atoms with E-state index in [2.05, 4.69) is 4.98 Å². The second-order valence-electron chi connectivity index (χ2n) is 4.38. The minimum absolute atomic E-state index is 0.131. The van der Waals surface area contributed by atoms with E-state index in [9.17, 15) is 9.59 Å². The highest BCUT2D eigenvalue weighted by molar-refractivity contribution is 7.17. The highest BCUT2D eigenvalue weighted by Crippen LogP contribution is 2.28. The largest absolute Gasteiger partial charge is 0.476 e. The summed E-state index contributed by atoms with van der Waals surface area (Å²) in [5.41, 5.74) is -0.146. The molecule has 6 nitrogen and oxygen atoms in total. The lowest BCUT2D eigenvalue weighted by molar-refractivity contribution is 0.0384. The number of aromatic carboxylic acids is 1. The van der Waals surface area contributed by atoms with Crippen molar-refractivity contribution in [1.29, 1.82) is 0 Å². The molecule has 0 radical (unpaired) electrons. The molecule has 1 N–H and O–H groups in total. The summed E-state index contributed by atoms with van der Waals surface area (Å²) in [5.74, 6) is -1.42. The smallest absolute Gasteiger partial charge is 0.356 e. The molecule has 0 aromatic carbocycles. The lowest BCUT2D eigenvalue weighted by Crippen LogP contribution is -2.42. The van der Waals surface area contributed by atoms with Crippen LogP contribution in [0.3, 0.4) is 0 Å². The first-order valence-electron chi connectivity index (χ1n) is 6.14. The monoisotopic (exact) mass is 284 g/mol. The summed E-state index contributed by atoms with van der Waals surface area (Å²) >= 11 is 1.14. The number of ether oxygens (including phenoxy) is 1. The normalized spacial score (nSPS) is 19.5. The maximum Gasteiger partial charge on any atom is 0.356 e. The van der Waals surface area contributed by atoms with Crippen molar-refractivity contribution in [3.8, 4) is 0 Å². The predicted molar refractivity (Wildman–Crippen MR) is 71.3 cm³/mol. The van der Waals surface area contributed by atoms with Gasteiger partial charge in [0.05, 0.1) is 12.7 Å². The number of morpholine rings is 1. The number of anilines is 1. The summed E-state index contributed by atoms with van der Waals surface area (Å²) < 4.78 is 5.56. The van der Waals surface area contributed by atoms with Gasteiger partial charge in [-0.15, -0.1) is 0 Å². The fourth-order valence-electron chi connectivity index (χ4n) is 1.97. The van der Waals surface area contributed by atoms with Gasteiger partial charge in [0.1, 0.15) is 4.88 Å². The highest BCUT2D eigenvalue weighted by atomic mass is 32.1. The van der Waals surface area contributed by atoms with E-state index in [-0.39, 0.29) is 22.5 Å². The Bertz CT molecular complexity index is 468. The van der Waals surface area contributed by atoms with Crippen molar-refractivity contribution in [1.82, 2.24) is 4.98 Å². The molecule has 0 aliphatic carbocycles. The van der Waals surface area contributed by atoms with Crippen LogP contribution in [0.5, 0.6) is 0 Å². The highest BCUT2D eigenvalue weighted by Gasteiger charge is 2.26. The maximum atomic E-state index is 11.5. The Morgan fingerprint density at radius 1 is 1.58 bits per heavy atom. The van der Waals surface area contributed by atoms with Gasteiger partial charge >= 0.3 is 5.97 Å². The molecule has 1 saturated heterocycles. The van der Waals surface area contributed by atoms with E-state index in [4.69, 9.17) is 9.84 Å². The van der Waals surface area contributed by atoms with E-state index in [0.717, 1.165) is 17.8 Å². The summed E-state index contributed by atoms with van der Waals surface area (Å²) in [5, 5.41) is 9.66. The van der Waals surface area contributed by atoms with Crippen LogP contribution in [0.2, 0.25) is 0 Å². The molecule has 2 rings (SSSR count). The van der Waals surface area contributed by atoms with Crippen LogP contribution in [-0.2, 0) is 4.74 Å². The van der Waals surface area contributed by atoms with E-state index in [1.807, 2.05) is 11.8 Å². The van der Waals surface area contributed by atoms with Crippen LogP contribution in [0, 0.1) is 0 Å². The minimum atomic E-state index is -1.16. The van der Waals surface area contributed by atoms with Crippen molar-refractivity contribution in [2.45, 2.75) is 26.4 Å². The first-order valence-corrected chi connectivity index (χ1v) is 6.96. The second kappa shape index (κ2) is 5.66. The van der Waals surface area contributed by atoms with Crippen molar-refractivity contribution < 1.29 is 19.4 Å². The number of carbonyl (C=O) groups excluding carboxylic acids is 1. The first-order chi connectivity index (χ1) is 9.02. The second-order valence-corrected chi connectivity index (χ2v) is 5.36. The zero-order chi connectivity index (χ0) is 14.0. The Labute approximate surface area is 115 Å². The van der Waals surface area contributed by atoms with Gasteiger partial charge in [0.15, 0.2) is 16.6 Å². The number of aromatic nitrogens is 1. The minimum Gasteiger partial charge on any atom is -0.476 e. The lowest BCUT2D eigenvalue weighted by Gasteiger charge is -2.32. The van der Waals surface area contributed by atoms with Crippen LogP contribution in [0.25, 0.3) is 0 Å². The molecule has 1 unspecified atom stereocenters. The summed E-state index contributed by atoms with van der Waals surface area (Å²) in [6.07, 6.45) is 1.03. The number of hydrogen-bond acceptors (Lipinski definition) is 6. The number of thiazole rings is 1. The van der Waals surface area contributed by atoms with Crippen molar-refractivity contribution in [2.75, 3.05) is 24.6 Å². The molecular formula is C12H16N2O4S. The zero-order valence-corrected chi connectivity index (χ0v) is 11.7. The van der Waals surface area contributed by atoms with Gasteiger partial charge in [0.2, 0.25) is 0 Å². The van der Waals surface area contributed by atoms with E-state index in [0.29, 0.717) is 24.8 Å². The van der Waals surface area contributed by atoms with Gasteiger partial charge in [-0.05, 0) is 6.42 Å². The molecule has 0 bridgehead atoms. The molecule has 1 fully saturated rings. The molecule has 0 amide bonds. The Kier molecular flexibility index (Phi) is 4.16. The van der Waals surface area contributed by atoms with Gasteiger partial charge in [0.25, 0.3) is 0 Å². The topological polar surface area (TPSA) is 79.7 Å². The summed E-state index contributed by atoms with van der Waals surface area (Å²) in [7, 11) is 0. The number of ketones is 1. The fourth-order valence-corrected chi connectivity index (χ4v) is 2.96. The third-order valence-corrected chi connectivity index (χ3v) is 4.22. The van der Waals surface area contributed by atoms with Gasteiger partial charge in [-0.1, -0.05) is 18.3 Å². The van der Waals surface area contributed by atoms with E-state index < -0.39 is 5.97 Å². The molecule has 104 valence electrons. The average Bonchev–Trinajstić information content (AvgIpc) is 2.84. The summed E-state index contributed by atoms with van der Waals surface area (Å²) in [6, 6.07) is 0. The van der Waals surface area contributed by atoms with Gasteiger partial charge < -0.3 is 14.7 Å². The average molecular weight is 284 g/mol. The molecule has 19 heavy (non-hydrogen) atoms. The van der Waals surface area contributed by atoms with Gasteiger partial charge in [-0.25, -0.2) is 9.78 Å². The van der Waals surface area contributed by atoms with Crippen LogP contribution in [0.1, 0.15) is 40.4 Å². The molecule has 1 aromatic heterocycles. The van der Waals surface area contributed by atoms with Gasteiger partial charge in [0, 0.05) is 20.0 Å². The Hall–Kier alpha value is -1.47. The van der Waals surface area contributed by atoms with Crippen molar-refractivity contribution in [3.05, 3.63) is 10.6 Å². The van der Waals surface area contributed by atoms with E-state index in [1.165, 1.54) is 6.92 Å². The van der Waals surface area contributed by atoms with Gasteiger partial charge in [-0.3, -0.25) is 4.79 Å². The Morgan fingerprint density at radius 3 is 2.84 bits per heavy atom. The number of nitrogens with zero attached hydrogens (tertiary/aromatic N) is 2. The number of rotatable bonds is 4. The quantitative estimate of drug-likeness (QED) is 0.847. The molecular weight excluding hydrogens is 268 g/mol. The SMILES string of the molecule is CCC1CN(c2nc(C(=O)O)c(C(C)=O)s2)CCO1. The van der Waals surface area contributed by atoms with Crippen molar-refractivity contribution in [3.63, 3.8) is 0 Å². The molecule has 7 heteroatoms. The van der Waals surface area contributed by atoms with Gasteiger partial charge in [-0.2, -0.15) is 0 Å². The van der Waals surface area contributed by atoms with Crippen molar-refractivity contribution >= 4 is 28.2 Å². The van der Waals surface area contributed by atoms with Crippen LogP contribution in [0.4, 0.5) is 5.13 Å². The van der Waals surface area contributed by atoms with Crippen LogP contribution in [0.15, 0.2) is 0 Å². The summed E-state index contributed by atoms with van der Waals surface area (Å²) in [4.78, 5) is 28.8. The van der Waals surface area contributed by atoms with Crippen LogP contribution in [-0.4, -0.2) is 47.6 Å². The molecule has 1 atom stereocenters. The number of Topliss-reactive ketones (excluding diaryl/α,β-unsaturated/α-hetero) is 1. The van der Waals surface area contributed by atoms with Crippen molar-refractivity contribution in [2.24, 2.45) is 0 Å². The Balaban J connectivity index is 2.27. The molecule has 0 spiro atoms. The van der Waals surface area contributed by atoms with E-state index >= 15 is 0 Å². The molecule has 1 aliphatic heterocycles. The van der Waals surface area contributed by atoms with Crippen LogP contribution >= 0.6 is 11.3 Å². The maximum absolute atomic E-state index is 11.5. The number of carboxylic acids is 1. The Morgan fingerprint density at radius 2 is 2.32 bits per heavy atom. The summed E-state index contributed by atoms with van der Waals surface area (Å²) in [6.45, 7) is 5.34.